The zero-order chi connectivity index (χ0) is 25.7. The molecule has 1 aliphatic carbocycles. The molecule has 6 nitrogen and oxygen atoms in total. The summed E-state index contributed by atoms with van der Waals surface area (Å²) in [5.41, 5.74) is 8.45. The minimum absolute atomic E-state index is 0.109. The van der Waals surface area contributed by atoms with Gasteiger partial charge in [0.1, 0.15) is 0 Å². The second-order valence-corrected chi connectivity index (χ2v) is 12.3. The van der Waals surface area contributed by atoms with Gasteiger partial charge in [-0.25, -0.2) is 9.97 Å². The second-order valence-electron chi connectivity index (χ2n) is 11.9. The molecule has 2 fully saturated rings. The maximum Gasteiger partial charge on any atom is 0.227 e. The topological polar surface area (TPSA) is 65.1 Å². The van der Waals surface area contributed by atoms with Crippen LogP contribution in [-0.4, -0.2) is 46.1 Å². The Labute approximate surface area is 225 Å². The summed E-state index contributed by atoms with van der Waals surface area (Å²) >= 11 is 6.63. The van der Waals surface area contributed by atoms with E-state index in [-0.39, 0.29) is 11.5 Å². The number of anilines is 3. The molecular formula is C30H37ClN6. The Morgan fingerprint density at radius 3 is 2.78 bits per heavy atom. The van der Waals surface area contributed by atoms with Crippen LogP contribution >= 0.6 is 11.6 Å². The molecule has 0 spiro atoms. The molecule has 2 aromatic carbocycles. The molecule has 7 heteroatoms. The number of aromatic nitrogens is 2. The molecule has 1 saturated carbocycles. The molecule has 1 unspecified atom stereocenters. The molecule has 3 aliphatic rings. The van der Waals surface area contributed by atoms with Crippen molar-refractivity contribution in [1.82, 2.24) is 20.2 Å². The van der Waals surface area contributed by atoms with E-state index in [1.807, 2.05) is 0 Å². The summed E-state index contributed by atoms with van der Waals surface area (Å²) in [4.78, 5) is 12.0. The van der Waals surface area contributed by atoms with Crippen LogP contribution in [-0.2, 0) is 6.54 Å². The van der Waals surface area contributed by atoms with Gasteiger partial charge in [-0.3, -0.25) is 4.90 Å². The molecule has 0 bridgehead atoms. The Balaban J connectivity index is 1.26. The third kappa shape index (κ3) is 5.47. The van der Waals surface area contributed by atoms with Crippen molar-refractivity contribution in [1.29, 1.82) is 0 Å². The fourth-order valence-electron chi connectivity index (χ4n) is 6.19. The monoisotopic (exact) mass is 516 g/mol. The van der Waals surface area contributed by atoms with Gasteiger partial charge in [-0.05, 0) is 86.9 Å². The SMILES string of the molecule is Cc1ccc2c(c1)NCC2c1nc(Nc2cc(CN3C[C@@H](C)NC(C)(C)C3)cc(C3CC3)c2)ncc1Cl. The molecule has 6 rings (SSSR count). The van der Waals surface area contributed by atoms with Crippen LogP contribution in [0.15, 0.2) is 42.6 Å². The van der Waals surface area contributed by atoms with Crippen molar-refractivity contribution in [3.63, 3.8) is 0 Å². The van der Waals surface area contributed by atoms with Gasteiger partial charge in [0.05, 0.1) is 16.9 Å². The van der Waals surface area contributed by atoms with Gasteiger partial charge in [-0.1, -0.05) is 29.8 Å². The van der Waals surface area contributed by atoms with E-state index in [1.54, 1.807) is 6.20 Å². The number of nitrogens with zero attached hydrogens (tertiary/aromatic N) is 3. The second kappa shape index (κ2) is 9.57. The number of benzene rings is 2. The number of hydrogen-bond acceptors (Lipinski definition) is 6. The highest BCUT2D eigenvalue weighted by atomic mass is 35.5. The predicted molar refractivity (Wildman–Crippen MR) is 152 cm³/mol. The minimum atomic E-state index is 0.109. The van der Waals surface area contributed by atoms with E-state index in [0.717, 1.165) is 37.6 Å². The summed E-state index contributed by atoms with van der Waals surface area (Å²) < 4.78 is 0. The van der Waals surface area contributed by atoms with Gasteiger partial charge in [0.15, 0.2) is 0 Å². The molecule has 0 amide bonds. The molecule has 1 aromatic heterocycles. The van der Waals surface area contributed by atoms with Crippen LogP contribution in [0.1, 0.15) is 73.4 Å². The van der Waals surface area contributed by atoms with E-state index in [9.17, 15) is 0 Å². The lowest BCUT2D eigenvalue weighted by molar-refractivity contribution is 0.117. The molecule has 2 aliphatic heterocycles. The number of halogens is 1. The lowest BCUT2D eigenvalue weighted by Crippen LogP contribution is -2.60. The quantitative estimate of drug-likeness (QED) is 0.363. The van der Waals surface area contributed by atoms with Crippen molar-refractivity contribution >= 4 is 28.9 Å². The number of hydrogen-bond donors (Lipinski definition) is 3. The maximum atomic E-state index is 6.63. The van der Waals surface area contributed by atoms with E-state index >= 15 is 0 Å². The number of aryl methyl sites for hydroxylation is 1. The average Bonchev–Trinajstić information content (AvgIpc) is 3.59. The van der Waals surface area contributed by atoms with Gasteiger partial charge in [-0.2, -0.15) is 0 Å². The van der Waals surface area contributed by atoms with Gasteiger partial charge < -0.3 is 16.0 Å². The Morgan fingerprint density at radius 1 is 1.16 bits per heavy atom. The summed E-state index contributed by atoms with van der Waals surface area (Å²) in [5, 5.41) is 11.4. The van der Waals surface area contributed by atoms with Gasteiger partial charge in [-0.15, -0.1) is 0 Å². The minimum Gasteiger partial charge on any atom is -0.384 e. The molecule has 1 saturated heterocycles. The van der Waals surface area contributed by atoms with Crippen LogP contribution in [0, 0.1) is 6.92 Å². The van der Waals surface area contributed by atoms with Gasteiger partial charge in [0.2, 0.25) is 5.95 Å². The molecule has 3 aromatic rings. The van der Waals surface area contributed by atoms with Crippen molar-refractivity contribution in [2.75, 3.05) is 30.3 Å². The summed E-state index contributed by atoms with van der Waals surface area (Å²) in [7, 11) is 0. The van der Waals surface area contributed by atoms with Gasteiger partial charge in [0.25, 0.3) is 0 Å². The van der Waals surface area contributed by atoms with Gasteiger partial charge >= 0.3 is 0 Å². The average molecular weight is 517 g/mol. The van der Waals surface area contributed by atoms with Crippen LogP contribution in [0.4, 0.5) is 17.3 Å². The summed E-state index contributed by atoms with van der Waals surface area (Å²) in [5.74, 6) is 1.37. The zero-order valence-corrected chi connectivity index (χ0v) is 23.0. The summed E-state index contributed by atoms with van der Waals surface area (Å²) in [6.45, 7) is 12.8. The van der Waals surface area contributed by atoms with E-state index in [4.69, 9.17) is 16.6 Å². The lowest BCUT2D eigenvalue weighted by Gasteiger charge is -2.42. The number of fused-ring (bicyclic) bond motifs is 1. The largest absolute Gasteiger partial charge is 0.384 e. The van der Waals surface area contributed by atoms with E-state index < -0.39 is 0 Å². The Morgan fingerprint density at radius 2 is 2.00 bits per heavy atom. The zero-order valence-electron chi connectivity index (χ0n) is 22.2. The number of nitrogens with one attached hydrogen (secondary N) is 3. The standard InChI is InChI=1S/C30H37ClN6/c1-18-5-8-24-25(13-32-27(24)9-18)28-26(31)14-33-29(35-28)34-23-11-20(10-22(12-23)21-6-7-21)16-37-15-19(2)36-30(3,4)17-37/h5,8-12,14,19,21,25,32,36H,6-7,13,15-17H2,1-4H3,(H,33,34,35)/t19-,25?/m1/s1. The molecule has 2 atom stereocenters. The van der Waals surface area contributed by atoms with Crippen molar-refractivity contribution < 1.29 is 0 Å². The van der Waals surface area contributed by atoms with Crippen molar-refractivity contribution in [2.24, 2.45) is 0 Å². The third-order valence-electron chi connectivity index (χ3n) is 7.70. The van der Waals surface area contributed by atoms with Crippen LogP contribution in [0.3, 0.4) is 0 Å². The van der Waals surface area contributed by atoms with E-state index in [1.165, 1.54) is 40.8 Å². The first-order chi connectivity index (χ1) is 17.7. The predicted octanol–water partition coefficient (Wildman–Crippen LogP) is 6.19. The van der Waals surface area contributed by atoms with E-state index in [2.05, 4.69) is 89.9 Å². The Hall–Kier alpha value is -2.67. The highest BCUT2D eigenvalue weighted by Gasteiger charge is 2.31. The van der Waals surface area contributed by atoms with E-state index in [0.29, 0.717) is 22.9 Å². The van der Waals surface area contributed by atoms with Crippen LogP contribution in [0.5, 0.6) is 0 Å². The molecular weight excluding hydrogens is 480 g/mol. The van der Waals surface area contributed by atoms with Crippen molar-refractivity contribution in [3.8, 4) is 0 Å². The maximum absolute atomic E-state index is 6.63. The molecule has 0 radical (unpaired) electrons. The lowest BCUT2D eigenvalue weighted by atomic mass is 9.96. The highest BCUT2D eigenvalue weighted by Crippen LogP contribution is 2.42. The summed E-state index contributed by atoms with van der Waals surface area (Å²) in [6, 6.07) is 13.9. The summed E-state index contributed by atoms with van der Waals surface area (Å²) in [6.07, 6.45) is 4.28. The smallest absolute Gasteiger partial charge is 0.227 e. The number of piperazine rings is 1. The molecule has 194 valence electrons. The molecule has 3 N–H and O–H groups in total. The normalized spacial score (nSPS) is 22.9. The van der Waals surface area contributed by atoms with Crippen LogP contribution in [0.25, 0.3) is 0 Å². The molecule has 3 heterocycles. The molecule has 37 heavy (non-hydrogen) atoms. The van der Waals surface area contributed by atoms with Gasteiger partial charge in [0, 0.05) is 55.1 Å². The number of rotatable bonds is 6. The van der Waals surface area contributed by atoms with Crippen LogP contribution in [0.2, 0.25) is 5.02 Å². The third-order valence-corrected chi connectivity index (χ3v) is 7.99. The fourth-order valence-corrected chi connectivity index (χ4v) is 6.41. The first-order valence-corrected chi connectivity index (χ1v) is 13.9. The van der Waals surface area contributed by atoms with Crippen LogP contribution < -0.4 is 16.0 Å². The van der Waals surface area contributed by atoms with Crippen molar-refractivity contribution in [2.45, 2.75) is 70.5 Å². The Bertz CT molecular complexity index is 1320. The Kier molecular flexibility index (Phi) is 6.38. The van der Waals surface area contributed by atoms with Crippen molar-refractivity contribution in [3.05, 3.63) is 75.6 Å². The fraction of sp³-hybridized carbons (Fsp3) is 0.467. The highest BCUT2D eigenvalue weighted by molar-refractivity contribution is 6.31. The first kappa shape index (κ1) is 24.7. The first-order valence-electron chi connectivity index (χ1n) is 13.5.